The first-order chi connectivity index (χ1) is 14.4. The van der Waals surface area contributed by atoms with Gasteiger partial charge in [-0.3, -0.25) is 14.5 Å². The summed E-state index contributed by atoms with van der Waals surface area (Å²) in [5, 5.41) is -0.396. The summed E-state index contributed by atoms with van der Waals surface area (Å²) in [6.45, 7) is 2.41. The van der Waals surface area contributed by atoms with Crippen LogP contribution in [0.3, 0.4) is 0 Å². The minimum Gasteiger partial charge on any atom is -0.490 e. The predicted molar refractivity (Wildman–Crippen MR) is 118 cm³/mol. The highest BCUT2D eigenvalue weighted by molar-refractivity contribution is 9.10. The first kappa shape index (κ1) is 21.9. The van der Waals surface area contributed by atoms with Crippen LogP contribution in [-0.2, 0) is 11.4 Å². The molecule has 0 saturated carbocycles. The van der Waals surface area contributed by atoms with Crippen molar-refractivity contribution in [3.63, 3.8) is 0 Å². The van der Waals surface area contributed by atoms with E-state index in [0.717, 1.165) is 22.2 Å². The van der Waals surface area contributed by atoms with Crippen LogP contribution in [0.4, 0.5) is 9.18 Å². The molecular formula is C22H17BrFNO4S. The lowest BCUT2D eigenvalue weighted by molar-refractivity contribution is -0.122. The number of carbonyl (C=O) groups is 2. The summed E-state index contributed by atoms with van der Waals surface area (Å²) in [6, 6.07) is 9.51. The first-order valence-corrected chi connectivity index (χ1v) is 10.6. The van der Waals surface area contributed by atoms with Crippen molar-refractivity contribution in [2.75, 3.05) is 13.2 Å². The second kappa shape index (κ2) is 9.83. The lowest BCUT2D eigenvalue weighted by atomic mass is 10.1. The van der Waals surface area contributed by atoms with Crippen molar-refractivity contribution >= 4 is 44.9 Å². The number of halogens is 2. The summed E-state index contributed by atoms with van der Waals surface area (Å²) < 4.78 is 25.3. The molecule has 0 aromatic heterocycles. The lowest BCUT2D eigenvalue weighted by Crippen LogP contribution is -2.28. The normalized spacial score (nSPS) is 14.9. The molecule has 154 valence electrons. The van der Waals surface area contributed by atoms with Gasteiger partial charge in [-0.1, -0.05) is 18.1 Å². The Morgan fingerprint density at radius 1 is 1.23 bits per heavy atom. The van der Waals surface area contributed by atoms with E-state index in [-0.39, 0.29) is 23.9 Å². The molecular weight excluding hydrogens is 473 g/mol. The quantitative estimate of drug-likeness (QED) is 0.393. The van der Waals surface area contributed by atoms with Crippen LogP contribution in [0.1, 0.15) is 18.1 Å². The largest absolute Gasteiger partial charge is 0.490 e. The number of rotatable bonds is 7. The molecule has 30 heavy (non-hydrogen) atoms. The standard InChI is InChI=1S/C22H17BrFNO4S/c1-3-9-25-21(26)19(30-22(25)27)12-15-10-17(23)20(18(11-15)28-4-2)29-13-14-5-7-16(24)8-6-14/h1,5-8,10-12H,4,9,13H2,2H3/b19-12+. The van der Waals surface area contributed by atoms with Crippen LogP contribution in [0.15, 0.2) is 45.8 Å². The zero-order chi connectivity index (χ0) is 21.7. The fourth-order valence-corrected chi connectivity index (χ4v) is 4.10. The van der Waals surface area contributed by atoms with Crippen molar-refractivity contribution in [1.82, 2.24) is 4.90 Å². The molecule has 2 amide bonds. The molecule has 0 radical (unpaired) electrons. The number of carbonyl (C=O) groups excluding carboxylic acids is 2. The Kier molecular flexibility index (Phi) is 7.19. The van der Waals surface area contributed by atoms with Crippen LogP contribution < -0.4 is 9.47 Å². The first-order valence-electron chi connectivity index (χ1n) is 8.95. The van der Waals surface area contributed by atoms with Gasteiger partial charge in [0.15, 0.2) is 11.5 Å². The third-order valence-electron chi connectivity index (χ3n) is 4.05. The molecule has 2 aromatic rings. The second-order valence-electron chi connectivity index (χ2n) is 6.15. The summed E-state index contributed by atoms with van der Waals surface area (Å²) in [4.78, 5) is 25.6. The molecule has 5 nitrogen and oxygen atoms in total. The molecule has 0 spiro atoms. The monoisotopic (exact) mass is 489 g/mol. The summed E-state index contributed by atoms with van der Waals surface area (Å²) in [5.41, 5.74) is 1.46. The fraction of sp³-hybridized carbons (Fsp3) is 0.182. The predicted octanol–water partition coefficient (Wildman–Crippen LogP) is 5.24. The molecule has 1 aliphatic rings. The molecule has 3 rings (SSSR count). The van der Waals surface area contributed by atoms with Crippen molar-refractivity contribution < 1.29 is 23.5 Å². The molecule has 0 bridgehead atoms. The maximum absolute atomic E-state index is 13.1. The molecule has 0 unspecified atom stereocenters. The van der Waals surface area contributed by atoms with Gasteiger partial charge in [-0.05, 0) is 76.1 Å². The number of terminal acetylenes is 1. The molecule has 0 aliphatic carbocycles. The van der Waals surface area contributed by atoms with E-state index in [9.17, 15) is 14.0 Å². The van der Waals surface area contributed by atoms with Gasteiger partial charge in [-0.15, -0.1) is 6.42 Å². The molecule has 0 atom stereocenters. The van der Waals surface area contributed by atoms with Gasteiger partial charge in [0.2, 0.25) is 0 Å². The topological polar surface area (TPSA) is 55.8 Å². The third-order valence-corrected chi connectivity index (χ3v) is 5.55. The van der Waals surface area contributed by atoms with Gasteiger partial charge >= 0.3 is 0 Å². The van der Waals surface area contributed by atoms with Crippen molar-refractivity contribution in [2.45, 2.75) is 13.5 Å². The lowest BCUT2D eigenvalue weighted by Gasteiger charge is -2.15. The Hall–Kier alpha value is -2.76. The van der Waals surface area contributed by atoms with Gasteiger partial charge in [0.05, 0.1) is 22.5 Å². The average molecular weight is 490 g/mol. The number of imide groups is 1. The number of thioether (sulfide) groups is 1. The number of benzene rings is 2. The van der Waals surface area contributed by atoms with Gasteiger partial charge in [-0.25, -0.2) is 4.39 Å². The van der Waals surface area contributed by atoms with E-state index in [1.165, 1.54) is 12.1 Å². The Morgan fingerprint density at radius 2 is 1.97 bits per heavy atom. The van der Waals surface area contributed by atoms with Crippen molar-refractivity contribution in [2.24, 2.45) is 0 Å². The summed E-state index contributed by atoms with van der Waals surface area (Å²) in [7, 11) is 0. The third kappa shape index (κ3) is 5.04. The van der Waals surface area contributed by atoms with Gasteiger partial charge in [-0.2, -0.15) is 0 Å². The molecule has 8 heteroatoms. The van der Waals surface area contributed by atoms with Crippen molar-refractivity contribution in [3.8, 4) is 23.8 Å². The van der Waals surface area contributed by atoms with Gasteiger partial charge < -0.3 is 9.47 Å². The number of nitrogens with zero attached hydrogens (tertiary/aromatic N) is 1. The maximum atomic E-state index is 13.1. The Labute approximate surface area is 186 Å². The summed E-state index contributed by atoms with van der Waals surface area (Å²) in [5.74, 6) is 2.53. The van der Waals surface area contributed by atoms with Gasteiger partial charge in [0.25, 0.3) is 11.1 Å². The van der Waals surface area contributed by atoms with Crippen LogP contribution in [0.5, 0.6) is 11.5 Å². The molecule has 1 fully saturated rings. The number of hydrogen-bond acceptors (Lipinski definition) is 5. The smallest absolute Gasteiger partial charge is 0.294 e. The maximum Gasteiger partial charge on any atom is 0.294 e. The fourth-order valence-electron chi connectivity index (χ4n) is 2.69. The highest BCUT2D eigenvalue weighted by atomic mass is 79.9. The minimum atomic E-state index is -0.423. The van der Waals surface area contributed by atoms with Gasteiger partial charge in [0.1, 0.15) is 12.4 Å². The number of hydrogen-bond donors (Lipinski definition) is 0. The van der Waals surface area contributed by atoms with Crippen LogP contribution >= 0.6 is 27.7 Å². The van der Waals surface area contributed by atoms with E-state index in [4.69, 9.17) is 15.9 Å². The summed E-state index contributed by atoms with van der Waals surface area (Å²) >= 11 is 4.32. The molecule has 1 heterocycles. The van der Waals surface area contributed by atoms with Crippen molar-refractivity contribution in [1.29, 1.82) is 0 Å². The highest BCUT2D eigenvalue weighted by Gasteiger charge is 2.34. The Balaban J connectivity index is 1.86. The number of ether oxygens (including phenoxy) is 2. The second-order valence-corrected chi connectivity index (χ2v) is 8.00. The molecule has 2 aromatic carbocycles. The van der Waals surface area contributed by atoms with Gasteiger partial charge in [0, 0.05) is 0 Å². The molecule has 1 aliphatic heterocycles. The minimum absolute atomic E-state index is 0.0634. The van der Waals surface area contributed by atoms with E-state index in [1.54, 1.807) is 30.3 Å². The highest BCUT2D eigenvalue weighted by Crippen LogP contribution is 2.39. The molecule has 1 saturated heterocycles. The van der Waals surface area contributed by atoms with E-state index >= 15 is 0 Å². The van der Waals surface area contributed by atoms with E-state index in [1.807, 2.05) is 6.92 Å². The zero-order valence-electron chi connectivity index (χ0n) is 16.0. The summed E-state index contributed by atoms with van der Waals surface area (Å²) in [6.07, 6.45) is 6.83. The van der Waals surface area contributed by atoms with E-state index in [0.29, 0.717) is 28.1 Å². The number of amides is 2. The van der Waals surface area contributed by atoms with Crippen LogP contribution in [0.25, 0.3) is 6.08 Å². The average Bonchev–Trinajstić information content (AvgIpc) is 2.97. The molecule has 0 N–H and O–H groups in total. The van der Waals surface area contributed by atoms with Crippen molar-refractivity contribution in [3.05, 3.63) is 62.7 Å². The Morgan fingerprint density at radius 3 is 2.63 bits per heavy atom. The zero-order valence-corrected chi connectivity index (χ0v) is 18.4. The van der Waals surface area contributed by atoms with E-state index in [2.05, 4.69) is 21.9 Å². The van der Waals surface area contributed by atoms with Crippen LogP contribution in [0.2, 0.25) is 0 Å². The SMILES string of the molecule is C#CCN1C(=O)S/C(=C/c2cc(Br)c(OCc3ccc(F)cc3)c(OCC)c2)C1=O. The van der Waals surface area contributed by atoms with Crippen LogP contribution in [-0.4, -0.2) is 29.2 Å². The Bertz CT molecular complexity index is 1050. The van der Waals surface area contributed by atoms with E-state index < -0.39 is 11.1 Å². The van der Waals surface area contributed by atoms with Crippen LogP contribution in [0, 0.1) is 18.2 Å².